The first-order chi connectivity index (χ1) is 8.65. The minimum absolute atomic E-state index is 0.223. The molecule has 1 unspecified atom stereocenters. The Bertz CT molecular complexity index is 337. The predicted octanol–water partition coefficient (Wildman–Crippen LogP) is 2.14. The van der Waals surface area contributed by atoms with Gasteiger partial charge in [-0.3, -0.25) is 0 Å². The zero-order chi connectivity index (χ0) is 13.4. The average molecular weight is 250 g/mol. The summed E-state index contributed by atoms with van der Waals surface area (Å²) in [4.78, 5) is 0. The van der Waals surface area contributed by atoms with Crippen molar-refractivity contribution in [2.24, 2.45) is 5.92 Å². The van der Waals surface area contributed by atoms with Crippen molar-refractivity contribution in [3.05, 3.63) is 48.6 Å². The number of benzene rings is 1. The highest BCUT2D eigenvalue weighted by atomic mass is 16.5. The summed E-state index contributed by atoms with van der Waals surface area (Å²) in [6, 6.07) is 9.80. The molecule has 0 fully saturated rings. The number of rotatable bonds is 8. The summed E-state index contributed by atoms with van der Waals surface area (Å²) < 4.78 is 5.44. The lowest BCUT2D eigenvalue weighted by Gasteiger charge is -2.23. The lowest BCUT2D eigenvalue weighted by molar-refractivity contribution is -0.0344. The number of aliphatic hydroxyl groups excluding tert-OH is 2. The molecule has 0 aliphatic carbocycles. The second-order valence-electron chi connectivity index (χ2n) is 4.52. The molecule has 1 rings (SSSR count). The summed E-state index contributed by atoms with van der Waals surface area (Å²) in [7, 11) is 0. The first kappa shape index (κ1) is 14.9. The van der Waals surface area contributed by atoms with E-state index in [1.807, 2.05) is 37.3 Å². The lowest BCUT2D eigenvalue weighted by Crippen LogP contribution is -2.32. The highest BCUT2D eigenvalue weighted by molar-refractivity contribution is 5.13. The van der Waals surface area contributed by atoms with Gasteiger partial charge in [-0.25, -0.2) is 0 Å². The van der Waals surface area contributed by atoms with E-state index in [9.17, 15) is 10.2 Å². The summed E-state index contributed by atoms with van der Waals surface area (Å²) >= 11 is 0. The Labute approximate surface area is 109 Å². The quantitative estimate of drug-likeness (QED) is 0.695. The van der Waals surface area contributed by atoms with Gasteiger partial charge in [-0.15, -0.1) is 6.58 Å². The van der Waals surface area contributed by atoms with Crippen molar-refractivity contribution >= 4 is 0 Å². The van der Waals surface area contributed by atoms with Gasteiger partial charge in [0.25, 0.3) is 0 Å². The van der Waals surface area contributed by atoms with E-state index in [-0.39, 0.29) is 12.5 Å². The summed E-state index contributed by atoms with van der Waals surface area (Å²) in [5.74, 6) is -0.223. The molecule has 3 heteroatoms. The number of ether oxygens (including phenoxy) is 1. The highest BCUT2D eigenvalue weighted by Gasteiger charge is 2.21. The number of hydrogen-bond donors (Lipinski definition) is 2. The second kappa shape index (κ2) is 8.03. The molecule has 1 aromatic rings. The molecule has 3 nitrogen and oxygen atoms in total. The van der Waals surface area contributed by atoms with Crippen LogP contribution in [0.5, 0.6) is 0 Å². The lowest BCUT2D eigenvalue weighted by atomic mass is 9.96. The van der Waals surface area contributed by atoms with E-state index in [2.05, 4.69) is 6.58 Å². The van der Waals surface area contributed by atoms with Crippen LogP contribution in [0.25, 0.3) is 0 Å². The van der Waals surface area contributed by atoms with Gasteiger partial charge in [0.1, 0.15) is 0 Å². The topological polar surface area (TPSA) is 49.7 Å². The van der Waals surface area contributed by atoms with Crippen molar-refractivity contribution in [2.75, 3.05) is 6.61 Å². The van der Waals surface area contributed by atoms with Crippen LogP contribution in [-0.2, 0) is 11.3 Å². The van der Waals surface area contributed by atoms with Gasteiger partial charge in [-0.1, -0.05) is 43.3 Å². The smallest absolute Gasteiger partial charge is 0.0824 e. The largest absolute Gasteiger partial charge is 0.392 e. The summed E-state index contributed by atoms with van der Waals surface area (Å²) in [6.07, 6.45) is 0.900. The Hall–Kier alpha value is -1.16. The van der Waals surface area contributed by atoms with Crippen LogP contribution in [0.4, 0.5) is 0 Å². The SMILES string of the molecule is C=CC[C@@H](O)C(C)[C@H](O)COCc1ccccc1. The van der Waals surface area contributed by atoms with Gasteiger partial charge in [-0.2, -0.15) is 0 Å². The minimum Gasteiger partial charge on any atom is -0.392 e. The van der Waals surface area contributed by atoms with E-state index >= 15 is 0 Å². The molecule has 0 heterocycles. The van der Waals surface area contributed by atoms with Crippen molar-refractivity contribution < 1.29 is 14.9 Å². The number of aliphatic hydroxyl groups is 2. The molecule has 0 radical (unpaired) electrons. The zero-order valence-corrected chi connectivity index (χ0v) is 10.8. The van der Waals surface area contributed by atoms with Gasteiger partial charge >= 0.3 is 0 Å². The normalized spacial score (nSPS) is 15.9. The van der Waals surface area contributed by atoms with Crippen LogP contribution in [0.15, 0.2) is 43.0 Å². The van der Waals surface area contributed by atoms with Gasteiger partial charge < -0.3 is 14.9 Å². The molecule has 1 aromatic carbocycles. The molecule has 0 aliphatic rings. The molecule has 0 spiro atoms. The maximum absolute atomic E-state index is 9.87. The molecule has 2 N–H and O–H groups in total. The molecule has 0 aromatic heterocycles. The Kier molecular flexibility index (Phi) is 6.65. The Morgan fingerprint density at radius 1 is 1.22 bits per heavy atom. The van der Waals surface area contributed by atoms with E-state index < -0.39 is 12.2 Å². The Morgan fingerprint density at radius 2 is 1.89 bits per heavy atom. The van der Waals surface area contributed by atoms with Crippen LogP contribution in [-0.4, -0.2) is 29.0 Å². The van der Waals surface area contributed by atoms with E-state index in [1.165, 1.54) is 0 Å². The fourth-order valence-corrected chi connectivity index (χ4v) is 1.67. The van der Waals surface area contributed by atoms with Gasteiger partial charge in [0, 0.05) is 5.92 Å². The second-order valence-corrected chi connectivity index (χ2v) is 4.52. The molecule has 0 bridgehead atoms. The van der Waals surface area contributed by atoms with Gasteiger partial charge in [-0.05, 0) is 12.0 Å². The fraction of sp³-hybridized carbons (Fsp3) is 0.467. The third-order valence-corrected chi connectivity index (χ3v) is 3.02. The molecule has 18 heavy (non-hydrogen) atoms. The first-order valence-corrected chi connectivity index (χ1v) is 6.23. The van der Waals surface area contributed by atoms with Crippen LogP contribution >= 0.6 is 0 Å². The van der Waals surface area contributed by atoms with Gasteiger partial charge in [0.2, 0.25) is 0 Å². The zero-order valence-electron chi connectivity index (χ0n) is 10.8. The average Bonchev–Trinajstić information content (AvgIpc) is 2.39. The van der Waals surface area contributed by atoms with Crippen molar-refractivity contribution in [3.8, 4) is 0 Å². The fourth-order valence-electron chi connectivity index (χ4n) is 1.67. The summed E-state index contributed by atoms with van der Waals surface area (Å²) in [5, 5.41) is 19.6. The number of hydrogen-bond acceptors (Lipinski definition) is 3. The standard InChI is InChI=1S/C15H22O3/c1-3-7-14(16)12(2)15(17)11-18-10-13-8-5-4-6-9-13/h3-6,8-9,12,14-17H,1,7,10-11H2,2H3/t12?,14-,15-/m1/s1. The van der Waals surface area contributed by atoms with Crippen LogP contribution in [0.2, 0.25) is 0 Å². The summed E-state index contributed by atoms with van der Waals surface area (Å²) in [5.41, 5.74) is 1.07. The maximum atomic E-state index is 9.87. The van der Waals surface area contributed by atoms with E-state index in [0.717, 1.165) is 5.56 Å². The third kappa shape index (κ3) is 5.00. The van der Waals surface area contributed by atoms with Gasteiger partial charge in [0.15, 0.2) is 0 Å². The van der Waals surface area contributed by atoms with Crippen LogP contribution in [0, 0.1) is 5.92 Å². The summed E-state index contributed by atoms with van der Waals surface area (Å²) in [6.45, 7) is 6.08. The predicted molar refractivity (Wildman–Crippen MR) is 72.1 cm³/mol. The first-order valence-electron chi connectivity index (χ1n) is 6.23. The monoisotopic (exact) mass is 250 g/mol. The van der Waals surface area contributed by atoms with Crippen molar-refractivity contribution in [2.45, 2.75) is 32.2 Å². The highest BCUT2D eigenvalue weighted by Crippen LogP contribution is 2.13. The maximum Gasteiger partial charge on any atom is 0.0824 e. The molecule has 0 saturated heterocycles. The van der Waals surface area contributed by atoms with Crippen LogP contribution in [0.3, 0.4) is 0 Å². The van der Waals surface area contributed by atoms with E-state index in [4.69, 9.17) is 4.74 Å². The Morgan fingerprint density at radius 3 is 2.50 bits per heavy atom. The molecular weight excluding hydrogens is 228 g/mol. The van der Waals surface area contributed by atoms with Crippen LogP contribution < -0.4 is 0 Å². The molecular formula is C15H22O3. The Balaban J connectivity index is 2.28. The van der Waals surface area contributed by atoms with Crippen molar-refractivity contribution in [1.82, 2.24) is 0 Å². The van der Waals surface area contributed by atoms with E-state index in [1.54, 1.807) is 6.08 Å². The molecule has 3 atom stereocenters. The molecule has 0 amide bonds. The molecule has 100 valence electrons. The molecule has 0 saturated carbocycles. The molecule has 0 aliphatic heterocycles. The van der Waals surface area contributed by atoms with Crippen LogP contribution in [0.1, 0.15) is 18.9 Å². The van der Waals surface area contributed by atoms with E-state index in [0.29, 0.717) is 13.0 Å². The minimum atomic E-state index is -0.663. The van der Waals surface area contributed by atoms with Crippen molar-refractivity contribution in [3.63, 3.8) is 0 Å². The van der Waals surface area contributed by atoms with Crippen molar-refractivity contribution in [1.29, 1.82) is 0 Å². The third-order valence-electron chi connectivity index (χ3n) is 3.02. The van der Waals surface area contributed by atoms with Gasteiger partial charge in [0.05, 0.1) is 25.4 Å².